The second-order valence-corrected chi connectivity index (χ2v) is 6.91. The van der Waals surface area contributed by atoms with Gasteiger partial charge in [-0.15, -0.1) is 11.8 Å². The molecule has 1 aromatic carbocycles. The number of rotatable bonds is 3. The summed E-state index contributed by atoms with van der Waals surface area (Å²) in [7, 11) is 0. The molecule has 0 aliphatic carbocycles. The molecule has 1 N–H and O–H groups in total. The van der Waals surface area contributed by atoms with Crippen molar-refractivity contribution in [1.29, 1.82) is 0 Å². The first-order chi connectivity index (χ1) is 10.2. The van der Waals surface area contributed by atoms with Crippen LogP contribution >= 0.6 is 11.8 Å². The zero-order valence-electron chi connectivity index (χ0n) is 12.5. The zero-order chi connectivity index (χ0) is 14.8. The fourth-order valence-corrected chi connectivity index (χ4v) is 4.19. The summed E-state index contributed by atoms with van der Waals surface area (Å²) < 4.78 is 5.65. The number of para-hydroxylation sites is 1. The molecule has 0 unspecified atom stereocenters. The number of allylic oxidation sites excluding steroid dienone is 1. The molecule has 4 heteroatoms. The summed E-state index contributed by atoms with van der Waals surface area (Å²) in [5.41, 5.74) is 2.39. The van der Waals surface area contributed by atoms with Crippen molar-refractivity contribution in [3.8, 4) is 5.75 Å². The summed E-state index contributed by atoms with van der Waals surface area (Å²) >= 11 is 1.69. The van der Waals surface area contributed by atoms with Crippen LogP contribution < -0.4 is 10.1 Å². The highest BCUT2D eigenvalue weighted by Crippen LogP contribution is 2.37. The molecule has 1 atom stereocenters. The lowest BCUT2D eigenvalue weighted by atomic mass is 9.98. The fraction of sp³-hybridized carbons (Fsp3) is 0.471. The van der Waals surface area contributed by atoms with Crippen LogP contribution in [0.4, 0.5) is 0 Å². The maximum absolute atomic E-state index is 12.6. The number of ether oxygens (including phenoxy) is 1. The predicted molar refractivity (Wildman–Crippen MR) is 86.4 cm³/mol. The molecule has 0 spiro atoms. The molecule has 1 amide bonds. The van der Waals surface area contributed by atoms with Gasteiger partial charge in [-0.05, 0) is 24.0 Å². The summed E-state index contributed by atoms with van der Waals surface area (Å²) in [5.74, 6) is 2.46. The average Bonchev–Trinajstić information content (AvgIpc) is 2.97. The second-order valence-electron chi connectivity index (χ2n) is 5.81. The van der Waals surface area contributed by atoms with Gasteiger partial charge in [-0.1, -0.05) is 32.0 Å². The van der Waals surface area contributed by atoms with Gasteiger partial charge in [0.1, 0.15) is 5.75 Å². The largest absolute Gasteiger partial charge is 0.493 e. The van der Waals surface area contributed by atoms with Crippen molar-refractivity contribution in [2.75, 3.05) is 12.4 Å². The van der Waals surface area contributed by atoms with Gasteiger partial charge >= 0.3 is 0 Å². The molecular formula is C17H21NO2S. The van der Waals surface area contributed by atoms with Crippen LogP contribution in [0.1, 0.15) is 38.3 Å². The summed E-state index contributed by atoms with van der Waals surface area (Å²) in [6.07, 6.45) is 1.87. The highest BCUT2D eigenvalue weighted by Gasteiger charge is 2.27. The van der Waals surface area contributed by atoms with Crippen LogP contribution in [0.5, 0.6) is 5.75 Å². The Morgan fingerprint density at radius 3 is 3.00 bits per heavy atom. The van der Waals surface area contributed by atoms with Crippen LogP contribution in [0, 0.1) is 5.92 Å². The molecule has 0 aromatic heterocycles. The van der Waals surface area contributed by atoms with E-state index < -0.39 is 0 Å². The summed E-state index contributed by atoms with van der Waals surface area (Å²) in [4.78, 5) is 13.5. The van der Waals surface area contributed by atoms with Gasteiger partial charge in [0.15, 0.2) is 0 Å². The van der Waals surface area contributed by atoms with E-state index >= 15 is 0 Å². The normalized spacial score (nSPS) is 21.2. The van der Waals surface area contributed by atoms with Gasteiger partial charge in [0.2, 0.25) is 0 Å². The molecule has 2 aliphatic rings. The molecule has 3 rings (SSSR count). The van der Waals surface area contributed by atoms with Crippen molar-refractivity contribution in [3.05, 3.63) is 40.3 Å². The minimum Gasteiger partial charge on any atom is -0.493 e. The third-order valence-corrected chi connectivity index (χ3v) is 5.22. The van der Waals surface area contributed by atoms with Gasteiger partial charge in [0, 0.05) is 17.7 Å². The zero-order valence-corrected chi connectivity index (χ0v) is 13.3. The van der Waals surface area contributed by atoms with E-state index in [9.17, 15) is 4.79 Å². The molecule has 3 nitrogen and oxygen atoms in total. The standard InChI is InChI=1S/C17H21NO2S/c1-11(2)12-8-10-21-16(12)17(19)18-14-7-9-20-15-6-4-3-5-13(14)15/h3-6,11,14H,7-10H2,1-2H3,(H,18,19)/t14-/m0/s1. The Bertz CT molecular complexity index is 580. The van der Waals surface area contributed by atoms with Gasteiger partial charge in [0.25, 0.3) is 5.91 Å². The minimum absolute atomic E-state index is 0.0598. The summed E-state index contributed by atoms with van der Waals surface area (Å²) in [5, 5.41) is 3.20. The van der Waals surface area contributed by atoms with Crippen LogP contribution in [-0.4, -0.2) is 18.3 Å². The Morgan fingerprint density at radius 2 is 2.19 bits per heavy atom. The van der Waals surface area contributed by atoms with Crippen molar-refractivity contribution in [2.45, 2.75) is 32.7 Å². The molecule has 21 heavy (non-hydrogen) atoms. The van der Waals surface area contributed by atoms with E-state index in [2.05, 4.69) is 19.2 Å². The maximum Gasteiger partial charge on any atom is 0.258 e. The minimum atomic E-state index is 0.0598. The molecule has 0 radical (unpaired) electrons. The monoisotopic (exact) mass is 303 g/mol. The van der Waals surface area contributed by atoms with Crippen LogP contribution in [0.25, 0.3) is 0 Å². The Labute approximate surface area is 130 Å². The molecule has 1 aromatic rings. The van der Waals surface area contributed by atoms with Gasteiger partial charge in [0.05, 0.1) is 17.6 Å². The van der Waals surface area contributed by atoms with E-state index in [1.165, 1.54) is 5.57 Å². The molecule has 2 aliphatic heterocycles. The molecule has 0 bridgehead atoms. The summed E-state index contributed by atoms with van der Waals surface area (Å²) in [6, 6.07) is 8.03. The van der Waals surface area contributed by atoms with E-state index in [0.717, 1.165) is 34.8 Å². The number of nitrogens with one attached hydrogen (secondary N) is 1. The van der Waals surface area contributed by atoms with Crippen LogP contribution in [0.2, 0.25) is 0 Å². The first-order valence-electron chi connectivity index (χ1n) is 7.55. The second kappa shape index (κ2) is 6.14. The Hall–Kier alpha value is -1.42. The number of benzene rings is 1. The SMILES string of the molecule is CC(C)C1=C(C(=O)N[C@H]2CCOc3ccccc32)SCC1. The predicted octanol–water partition coefficient (Wildman–Crippen LogP) is 3.67. The number of hydrogen-bond donors (Lipinski definition) is 1. The lowest BCUT2D eigenvalue weighted by molar-refractivity contribution is -0.117. The van der Waals surface area contributed by atoms with Crippen molar-refractivity contribution in [2.24, 2.45) is 5.92 Å². The highest BCUT2D eigenvalue weighted by atomic mass is 32.2. The van der Waals surface area contributed by atoms with E-state index in [4.69, 9.17) is 4.74 Å². The van der Waals surface area contributed by atoms with E-state index in [1.807, 2.05) is 24.3 Å². The third kappa shape index (κ3) is 2.95. The smallest absolute Gasteiger partial charge is 0.258 e. The van der Waals surface area contributed by atoms with E-state index in [0.29, 0.717) is 12.5 Å². The van der Waals surface area contributed by atoms with E-state index in [1.54, 1.807) is 11.8 Å². The first kappa shape index (κ1) is 14.5. The van der Waals surface area contributed by atoms with Gasteiger partial charge in [-0.25, -0.2) is 0 Å². The molecule has 0 saturated carbocycles. The third-order valence-electron chi connectivity index (χ3n) is 4.08. The van der Waals surface area contributed by atoms with Gasteiger partial charge in [-0.2, -0.15) is 0 Å². The molecule has 0 saturated heterocycles. The fourth-order valence-electron chi connectivity index (χ4n) is 2.95. The number of fused-ring (bicyclic) bond motifs is 1. The number of amides is 1. The van der Waals surface area contributed by atoms with Crippen LogP contribution in [0.15, 0.2) is 34.7 Å². The average molecular weight is 303 g/mol. The molecule has 0 fully saturated rings. The van der Waals surface area contributed by atoms with Gasteiger partial charge < -0.3 is 10.1 Å². The topological polar surface area (TPSA) is 38.3 Å². The van der Waals surface area contributed by atoms with Crippen molar-refractivity contribution < 1.29 is 9.53 Å². The highest BCUT2D eigenvalue weighted by molar-refractivity contribution is 8.04. The van der Waals surface area contributed by atoms with Crippen molar-refractivity contribution in [3.63, 3.8) is 0 Å². The Kier molecular flexibility index (Phi) is 4.24. The van der Waals surface area contributed by atoms with Crippen LogP contribution in [-0.2, 0) is 4.79 Å². The lowest BCUT2D eigenvalue weighted by Crippen LogP contribution is -2.32. The Balaban J connectivity index is 1.79. The lowest BCUT2D eigenvalue weighted by Gasteiger charge is -2.27. The molecule has 112 valence electrons. The summed E-state index contributed by atoms with van der Waals surface area (Å²) in [6.45, 7) is 4.99. The van der Waals surface area contributed by atoms with Crippen molar-refractivity contribution in [1.82, 2.24) is 5.32 Å². The quantitative estimate of drug-likeness (QED) is 0.926. The molecule has 2 heterocycles. The van der Waals surface area contributed by atoms with E-state index in [-0.39, 0.29) is 11.9 Å². The Morgan fingerprint density at radius 1 is 1.38 bits per heavy atom. The van der Waals surface area contributed by atoms with Crippen molar-refractivity contribution >= 4 is 17.7 Å². The number of thioether (sulfide) groups is 1. The van der Waals surface area contributed by atoms with Gasteiger partial charge in [-0.3, -0.25) is 4.79 Å². The molecular weight excluding hydrogens is 282 g/mol. The first-order valence-corrected chi connectivity index (χ1v) is 8.54. The number of carbonyl (C=O) groups is 1. The van der Waals surface area contributed by atoms with Crippen LogP contribution in [0.3, 0.4) is 0 Å². The maximum atomic E-state index is 12.6. The number of carbonyl (C=O) groups excluding carboxylic acids is 1. The number of hydrogen-bond acceptors (Lipinski definition) is 3.